The van der Waals surface area contributed by atoms with E-state index in [1.807, 2.05) is 49.4 Å². The summed E-state index contributed by atoms with van der Waals surface area (Å²) in [7, 11) is 0. The van der Waals surface area contributed by atoms with Gasteiger partial charge >= 0.3 is 0 Å². The highest BCUT2D eigenvalue weighted by atomic mass is 16.3. The van der Waals surface area contributed by atoms with E-state index in [1.54, 1.807) is 13.0 Å². The van der Waals surface area contributed by atoms with E-state index in [-0.39, 0.29) is 5.91 Å². The van der Waals surface area contributed by atoms with Crippen LogP contribution in [0.25, 0.3) is 0 Å². The Bertz CT molecular complexity index is 588. The highest BCUT2D eigenvalue weighted by Gasteiger charge is 2.06. The molecule has 0 bridgehead atoms. The maximum Gasteiger partial charge on any atom is 0.228 e. The molecule has 0 aliphatic heterocycles. The van der Waals surface area contributed by atoms with Gasteiger partial charge in [-0.3, -0.25) is 4.79 Å². The molecule has 2 aromatic carbocycles. The van der Waals surface area contributed by atoms with Crippen LogP contribution in [0.2, 0.25) is 0 Å². The van der Waals surface area contributed by atoms with Gasteiger partial charge in [-0.15, -0.1) is 0 Å². The van der Waals surface area contributed by atoms with Crippen molar-refractivity contribution in [3.05, 3.63) is 65.2 Å². The smallest absolute Gasteiger partial charge is 0.228 e. The van der Waals surface area contributed by atoms with Gasteiger partial charge in [0.15, 0.2) is 0 Å². The molecule has 0 radical (unpaired) electrons. The van der Waals surface area contributed by atoms with Crippen LogP contribution in [-0.4, -0.2) is 11.0 Å². The summed E-state index contributed by atoms with van der Waals surface area (Å²) < 4.78 is 0. The first-order valence-corrected chi connectivity index (χ1v) is 6.68. The summed E-state index contributed by atoms with van der Waals surface area (Å²) in [5.41, 5.74) is 3.66. The molecule has 0 aliphatic carbocycles. The van der Waals surface area contributed by atoms with Gasteiger partial charge in [-0.2, -0.15) is 0 Å². The summed E-state index contributed by atoms with van der Waals surface area (Å²) in [6, 6.07) is 15.2. The van der Waals surface area contributed by atoms with Crippen LogP contribution in [-0.2, 0) is 11.2 Å². The molecule has 0 aliphatic rings. The van der Waals surface area contributed by atoms with Crippen molar-refractivity contribution in [2.24, 2.45) is 0 Å². The number of aryl methyl sites for hydroxylation is 1. The Kier molecular flexibility index (Phi) is 4.53. The third kappa shape index (κ3) is 3.93. The van der Waals surface area contributed by atoms with E-state index < -0.39 is 6.10 Å². The average Bonchev–Trinajstić information content (AvgIpc) is 2.41. The standard InChI is InChI=1S/C17H19NO2/c1-12-6-8-14(9-7-12)10-17(20)18-16-5-3-4-15(11-16)13(2)19/h3-9,11,13,19H,10H2,1-2H3,(H,18,20). The first-order chi connectivity index (χ1) is 9.54. The van der Waals surface area contributed by atoms with E-state index in [9.17, 15) is 9.90 Å². The van der Waals surface area contributed by atoms with Crippen LogP contribution in [0, 0.1) is 6.92 Å². The Hall–Kier alpha value is -2.13. The number of hydrogen-bond acceptors (Lipinski definition) is 2. The molecule has 0 saturated carbocycles. The minimum atomic E-state index is -0.538. The summed E-state index contributed by atoms with van der Waals surface area (Å²) in [6.07, 6.45) is -0.192. The topological polar surface area (TPSA) is 49.3 Å². The van der Waals surface area contributed by atoms with Crippen molar-refractivity contribution in [2.75, 3.05) is 5.32 Å². The second-order valence-electron chi connectivity index (χ2n) is 5.01. The van der Waals surface area contributed by atoms with E-state index >= 15 is 0 Å². The van der Waals surface area contributed by atoms with Crippen LogP contribution < -0.4 is 5.32 Å². The van der Waals surface area contributed by atoms with E-state index in [2.05, 4.69) is 5.32 Å². The molecule has 1 amide bonds. The second kappa shape index (κ2) is 6.35. The van der Waals surface area contributed by atoms with Gasteiger partial charge in [-0.05, 0) is 37.1 Å². The lowest BCUT2D eigenvalue weighted by atomic mass is 10.1. The van der Waals surface area contributed by atoms with Gasteiger partial charge in [-0.1, -0.05) is 42.0 Å². The van der Waals surface area contributed by atoms with E-state index in [0.717, 1.165) is 11.1 Å². The molecular formula is C17H19NO2. The number of nitrogens with one attached hydrogen (secondary N) is 1. The highest BCUT2D eigenvalue weighted by Crippen LogP contribution is 2.17. The summed E-state index contributed by atoms with van der Waals surface area (Å²) in [4.78, 5) is 12.0. The molecular weight excluding hydrogens is 250 g/mol. The van der Waals surface area contributed by atoms with Gasteiger partial charge in [0.1, 0.15) is 0 Å². The van der Waals surface area contributed by atoms with Crippen molar-refractivity contribution in [3.8, 4) is 0 Å². The zero-order chi connectivity index (χ0) is 14.5. The fourth-order valence-corrected chi connectivity index (χ4v) is 1.97. The van der Waals surface area contributed by atoms with Crippen LogP contribution in [0.1, 0.15) is 29.7 Å². The van der Waals surface area contributed by atoms with Crippen LogP contribution >= 0.6 is 0 Å². The van der Waals surface area contributed by atoms with Crippen LogP contribution in [0.5, 0.6) is 0 Å². The fraction of sp³-hybridized carbons (Fsp3) is 0.235. The Balaban J connectivity index is 2.01. The monoisotopic (exact) mass is 269 g/mol. The molecule has 3 heteroatoms. The lowest BCUT2D eigenvalue weighted by Gasteiger charge is -2.09. The van der Waals surface area contributed by atoms with Crippen molar-refractivity contribution < 1.29 is 9.90 Å². The first kappa shape index (κ1) is 14.3. The molecule has 0 aromatic heterocycles. The Morgan fingerprint density at radius 3 is 2.55 bits per heavy atom. The van der Waals surface area contributed by atoms with Crippen LogP contribution in [0.4, 0.5) is 5.69 Å². The quantitative estimate of drug-likeness (QED) is 0.895. The Morgan fingerprint density at radius 1 is 1.20 bits per heavy atom. The lowest BCUT2D eigenvalue weighted by Crippen LogP contribution is -2.14. The highest BCUT2D eigenvalue weighted by molar-refractivity contribution is 5.92. The van der Waals surface area contributed by atoms with Crippen molar-refractivity contribution in [3.63, 3.8) is 0 Å². The van der Waals surface area contributed by atoms with Gasteiger partial charge in [0.05, 0.1) is 12.5 Å². The molecule has 0 saturated heterocycles. The maximum atomic E-state index is 12.0. The van der Waals surface area contributed by atoms with Crippen molar-refractivity contribution in [1.82, 2.24) is 0 Å². The van der Waals surface area contributed by atoms with Gasteiger partial charge in [0.25, 0.3) is 0 Å². The molecule has 2 N–H and O–H groups in total. The van der Waals surface area contributed by atoms with Gasteiger partial charge in [0, 0.05) is 5.69 Å². The molecule has 20 heavy (non-hydrogen) atoms. The summed E-state index contributed by atoms with van der Waals surface area (Å²) >= 11 is 0. The molecule has 2 aromatic rings. The summed E-state index contributed by atoms with van der Waals surface area (Å²) in [5, 5.41) is 12.4. The minimum absolute atomic E-state index is 0.0587. The van der Waals surface area contributed by atoms with Gasteiger partial charge in [-0.25, -0.2) is 0 Å². The lowest BCUT2D eigenvalue weighted by molar-refractivity contribution is -0.115. The normalized spacial score (nSPS) is 11.9. The summed E-state index contributed by atoms with van der Waals surface area (Å²) in [5.74, 6) is -0.0587. The van der Waals surface area contributed by atoms with Crippen LogP contribution in [0.15, 0.2) is 48.5 Å². The Labute approximate surface area is 119 Å². The predicted octanol–water partition coefficient (Wildman–Crippen LogP) is 3.23. The minimum Gasteiger partial charge on any atom is -0.389 e. The molecule has 0 spiro atoms. The molecule has 0 heterocycles. The molecule has 3 nitrogen and oxygen atoms in total. The van der Waals surface area contributed by atoms with Crippen molar-refractivity contribution in [1.29, 1.82) is 0 Å². The van der Waals surface area contributed by atoms with Gasteiger partial charge < -0.3 is 10.4 Å². The van der Waals surface area contributed by atoms with Crippen molar-refractivity contribution in [2.45, 2.75) is 26.4 Å². The number of carbonyl (C=O) groups is 1. The number of amides is 1. The SMILES string of the molecule is Cc1ccc(CC(=O)Nc2cccc(C(C)O)c2)cc1. The number of anilines is 1. The Morgan fingerprint density at radius 2 is 1.90 bits per heavy atom. The fourth-order valence-electron chi connectivity index (χ4n) is 1.97. The van der Waals surface area contributed by atoms with E-state index in [0.29, 0.717) is 12.1 Å². The number of rotatable bonds is 4. The zero-order valence-electron chi connectivity index (χ0n) is 11.8. The number of carbonyl (C=O) groups excluding carboxylic acids is 1. The predicted molar refractivity (Wildman–Crippen MR) is 80.6 cm³/mol. The van der Waals surface area contributed by atoms with Crippen molar-refractivity contribution >= 4 is 11.6 Å². The molecule has 1 unspecified atom stereocenters. The maximum absolute atomic E-state index is 12.0. The number of aliphatic hydroxyl groups is 1. The summed E-state index contributed by atoms with van der Waals surface area (Å²) in [6.45, 7) is 3.72. The zero-order valence-corrected chi connectivity index (χ0v) is 11.8. The number of benzene rings is 2. The first-order valence-electron chi connectivity index (χ1n) is 6.68. The molecule has 2 rings (SSSR count). The third-order valence-electron chi connectivity index (χ3n) is 3.14. The van der Waals surface area contributed by atoms with E-state index in [1.165, 1.54) is 5.56 Å². The number of aliphatic hydroxyl groups excluding tert-OH is 1. The third-order valence-corrected chi connectivity index (χ3v) is 3.14. The average molecular weight is 269 g/mol. The molecule has 0 fully saturated rings. The molecule has 104 valence electrons. The van der Waals surface area contributed by atoms with Crippen LogP contribution in [0.3, 0.4) is 0 Å². The largest absolute Gasteiger partial charge is 0.389 e. The number of hydrogen-bond donors (Lipinski definition) is 2. The van der Waals surface area contributed by atoms with E-state index in [4.69, 9.17) is 0 Å². The molecule has 1 atom stereocenters. The van der Waals surface area contributed by atoms with Gasteiger partial charge in [0.2, 0.25) is 5.91 Å². The second-order valence-corrected chi connectivity index (χ2v) is 5.01.